The SMILES string of the molecule is CC(Oc1ccc(C#N)cc1)C(=O)NCC(O)c1ccccc1F. The Hall–Kier alpha value is -2.91. The lowest BCUT2D eigenvalue weighted by Crippen LogP contribution is -2.38. The molecular weight excluding hydrogens is 311 g/mol. The van der Waals surface area contributed by atoms with Crippen LogP contribution in [0.5, 0.6) is 5.75 Å². The van der Waals surface area contributed by atoms with Crippen molar-refractivity contribution in [3.8, 4) is 11.8 Å². The first kappa shape index (κ1) is 17.4. The van der Waals surface area contributed by atoms with Gasteiger partial charge in [-0.3, -0.25) is 4.79 Å². The molecule has 0 heterocycles. The van der Waals surface area contributed by atoms with E-state index in [1.807, 2.05) is 6.07 Å². The van der Waals surface area contributed by atoms with Gasteiger partial charge < -0.3 is 15.2 Å². The molecule has 2 aromatic carbocycles. The maximum Gasteiger partial charge on any atom is 0.260 e. The first-order valence-corrected chi connectivity index (χ1v) is 7.38. The molecule has 2 rings (SSSR count). The summed E-state index contributed by atoms with van der Waals surface area (Å²) in [5.74, 6) is -0.512. The second-order valence-electron chi connectivity index (χ2n) is 5.18. The van der Waals surface area contributed by atoms with Crippen LogP contribution >= 0.6 is 0 Å². The van der Waals surface area contributed by atoms with E-state index in [-0.39, 0.29) is 12.1 Å². The van der Waals surface area contributed by atoms with Gasteiger partial charge >= 0.3 is 0 Å². The zero-order chi connectivity index (χ0) is 17.5. The molecule has 0 bridgehead atoms. The summed E-state index contributed by atoms with van der Waals surface area (Å²) in [7, 11) is 0. The minimum atomic E-state index is -1.14. The number of carbonyl (C=O) groups excluding carboxylic acids is 1. The molecule has 2 unspecified atom stereocenters. The third kappa shape index (κ3) is 4.54. The summed E-state index contributed by atoms with van der Waals surface area (Å²) >= 11 is 0. The van der Waals surface area contributed by atoms with Crippen LogP contribution in [0, 0.1) is 17.1 Å². The number of amides is 1. The molecule has 2 N–H and O–H groups in total. The summed E-state index contributed by atoms with van der Waals surface area (Å²) < 4.78 is 19.0. The van der Waals surface area contributed by atoms with Crippen molar-refractivity contribution in [1.29, 1.82) is 5.26 Å². The molecule has 24 heavy (non-hydrogen) atoms. The number of benzene rings is 2. The number of rotatable bonds is 6. The highest BCUT2D eigenvalue weighted by Gasteiger charge is 2.18. The fraction of sp³-hybridized carbons (Fsp3) is 0.222. The quantitative estimate of drug-likeness (QED) is 0.852. The minimum absolute atomic E-state index is 0.124. The smallest absolute Gasteiger partial charge is 0.260 e. The standard InChI is InChI=1S/C18H17FN2O3/c1-12(24-14-8-6-13(10-20)7-9-14)18(23)21-11-17(22)15-4-2-3-5-16(15)19/h2-9,12,17,22H,11H2,1H3,(H,21,23). The number of halogens is 1. The number of ether oxygens (including phenoxy) is 1. The average Bonchev–Trinajstić information content (AvgIpc) is 2.60. The number of aliphatic hydroxyl groups excluding tert-OH is 1. The predicted molar refractivity (Wildman–Crippen MR) is 85.6 cm³/mol. The van der Waals surface area contributed by atoms with Crippen molar-refractivity contribution in [1.82, 2.24) is 5.32 Å². The van der Waals surface area contributed by atoms with Crippen molar-refractivity contribution in [3.05, 3.63) is 65.5 Å². The fourth-order valence-electron chi connectivity index (χ4n) is 2.06. The fourth-order valence-corrected chi connectivity index (χ4v) is 2.06. The number of nitrogens with one attached hydrogen (secondary N) is 1. The topological polar surface area (TPSA) is 82.3 Å². The van der Waals surface area contributed by atoms with Crippen molar-refractivity contribution < 1.29 is 19.0 Å². The van der Waals surface area contributed by atoms with Crippen molar-refractivity contribution in [2.75, 3.05) is 6.54 Å². The number of carbonyl (C=O) groups is 1. The van der Waals surface area contributed by atoms with Gasteiger partial charge in [-0.1, -0.05) is 18.2 Å². The summed E-state index contributed by atoms with van der Waals surface area (Å²) in [5.41, 5.74) is 0.617. The molecule has 6 heteroatoms. The van der Waals surface area contributed by atoms with E-state index in [0.29, 0.717) is 11.3 Å². The van der Waals surface area contributed by atoms with Crippen molar-refractivity contribution >= 4 is 5.91 Å². The molecule has 0 aliphatic heterocycles. The van der Waals surface area contributed by atoms with E-state index in [4.69, 9.17) is 10.00 Å². The van der Waals surface area contributed by atoms with Gasteiger partial charge in [0.1, 0.15) is 11.6 Å². The highest BCUT2D eigenvalue weighted by Crippen LogP contribution is 2.16. The maximum absolute atomic E-state index is 13.6. The molecule has 0 spiro atoms. The van der Waals surface area contributed by atoms with E-state index in [1.165, 1.54) is 18.2 Å². The normalized spacial score (nSPS) is 12.8. The Labute approximate surface area is 139 Å². The van der Waals surface area contributed by atoms with Gasteiger partial charge in [-0.15, -0.1) is 0 Å². The highest BCUT2D eigenvalue weighted by molar-refractivity contribution is 5.80. The van der Waals surface area contributed by atoms with Crippen molar-refractivity contribution in [3.63, 3.8) is 0 Å². The molecule has 124 valence electrons. The molecule has 0 saturated heterocycles. The van der Waals surface area contributed by atoms with Crippen LogP contribution < -0.4 is 10.1 Å². The molecule has 0 aliphatic carbocycles. The van der Waals surface area contributed by atoms with Gasteiger partial charge in [0.15, 0.2) is 6.10 Å². The number of hydrogen-bond donors (Lipinski definition) is 2. The average molecular weight is 328 g/mol. The Morgan fingerprint density at radius 3 is 2.58 bits per heavy atom. The van der Waals surface area contributed by atoms with Gasteiger partial charge in [-0.2, -0.15) is 5.26 Å². The van der Waals surface area contributed by atoms with Crippen molar-refractivity contribution in [2.24, 2.45) is 0 Å². The molecule has 0 aliphatic rings. The Bertz CT molecular complexity index is 741. The minimum Gasteiger partial charge on any atom is -0.481 e. The molecule has 5 nitrogen and oxygen atoms in total. The van der Waals surface area contributed by atoms with E-state index >= 15 is 0 Å². The van der Waals surface area contributed by atoms with Crippen LogP contribution in [-0.4, -0.2) is 23.7 Å². The van der Waals surface area contributed by atoms with Gasteiger partial charge in [0, 0.05) is 12.1 Å². The first-order chi connectivity index (χ1) is 11.5. The lowest BCUT2D eigenvalue weighted by atomic mass is 10.1. The van der Waals surface area contributed by atoms with Crippen molar-refractivity contribution in [2.45, 2.75) is 19.1 Å². The zero-order valence-electron chi connectivity index (χ0n) is 13.1. The van der Waals surface area contributed by atoms with Gasteiger partial charge in [-0.25, -0.2) is 4.39 Å². The highest BCUT2D eigenvalue weighted by atomic mass is 19.1. The molecule has 0 saturated carbocycles. The lowest BCUT2D eigenvalue weighted by molar-refractivity contribution is -0.127. The van der Waals surface area contributed by atoms with E-state index in [9.17, 15) is 14.3 Å². The van der Waals surface area contributed by atoms with Crippen LogP contribution in [0.25, 0.3) is 0 Å². The summed E-state index contributed by atoms with van der Waals surface area (Å²) in [6, 6.07) is 14.2. The summed E-state index contributed by atoms with van der Waals surface area (Å²) in [6.07, 6.45) is -1.94. The van der Waals surface area contributed by atoms with Crippen LogP contribution in [0.1, 0.15) is 24.2 Å². The largest absolute Gasteiger partial charge is 0.481 e. The Balaban J connectivity index is 1.87. The second kappa shape index (κ2) is 8.09. The lowest BCUT2D eigenvalue weighted by Gasteiger charge is -2.17. The van der Waals surface area contributed by atoms with Crippen LogP contribution in [-0.2, 0) is 4.79 Å². The maximum atomic E-state index is 13.6. The van der Waals surface area contributed by atoms with Gasteiger partial charge in [0.2, 0.25) is 0 Å². The monoisotopic (exact) mass is 328 g/mol. The van der Waals surface area contributed by atoms with E-state index < -0.39 is 23.9 Å². The van der Waals surface area contributed by atoms with E-state index in [1.54, 1.807) is 37.3 Å². The molecule has 1 amide bonds. The third-order valence-electron chi connectivity index (χ3n) is 3.40. The molecule has 0 aromatic heterocycles. The van der Waals surface area contributed by atoms with Gasteiger partial charge in [-0.05, 0) is 37.3 Å². The summed E-state index contributed by atoms with van der Waals surface area (Å²) in [5, 5.41) is 21.2. The number of hydrogen-bond acceptors (Lipinski definition) is 4. The van der Waals surface area contributed by atoms with E-state index in [0.717, 1.165) is 0 Å². The number of nitrogens with zero attached hydrogens (tertiary/aromatic N) is 1. The second-order valence-corrected chi connectivity index (χ2v) is 5.18. The summed E-state index contributed by atoms with van der Waals surface area (Å²) in [4.78, 5) is 12.0. The molecular formula is C18H17FN2O3. The first-order valence-electron chi connectivity index (χ1n) is 7.38. The molecule has 2 atom stereocenters. The molecule has 2 aromatic rings. The van der Waals surface area contributed by atoms with Crippen LogP contribution in [0.15, 0.2) is 48.5 Å². The molecule has 0 fully saturated rings. The summed E-state index contributed by atoms with van der Waals surface area (Å²) in [6.45, 7) is 1.43. The third-order valence-corrected chi connectivity index (χ3v) is 3.40. The Kier molecular flexibility index (Phi) is 5.88. The Morgan fingerprint density at radius 2 is 1.96 bits per heavy atom. The van der Waals surface area contributed by atoms with Gasteiger partial charge in [0.25, 0.3) is 5.91 Å². The predicted octanol–water partition coefficient (Wildman–Crippen LogP) is 2.31. The van der Waals surface area contributed by atoms with Crippen LogP contribution in [0.2, 0.25) is 0 Å². The van der Waals surface area contributed by atoms with E-state index in [2.05, 4.69) is 5.32 Å². The Morgan fingerprint density at radius 1 is 1.29 bits per heavy atom. The van der Waals surface area contributed by atoms with Crippen LogP contribution in [0.3, 0.4) is 0 Å². The van der Waals surface area contributed by atoms with Gasteiger partial charge in [0.05, 0.1) is 17.7 Å². The van der Waals surface area contributed by atoms with Crippen LogP contribution in [0.4, 0.5) is 4.39 Å². The zero-order valence-corrected chi connectivity index (χ0v) is 13.1. The number of nitriles is 1. The number of aliphatic hydroxyl groups is 1. The molecule has 0 radical (unpaired) electrons.